The fourth-order valence-electron chi connectivity index (χ4n) is 4.87. The predicted molar refractivity (Wildman–Crippen MR) is 119 cm³/mol. The van der Waals surface area contributed by atoms with Gasteiger partial charge in [-0.15, -0.1) is 11.3 Å². The lowest BCUT2D eigenvalue weighted by atomic mass is 9.91. The van der Waals surface area contributed by atoms with Gasteiger partial charge in [-0.05, 0) is 74.4 Å². The van der Waals surface area contributed by atoms with Gasteiger partial charge >= 0.3 is 0 Å². The number of aromatic nitrogens is 3. The van der Waals surface area contributed by atoms with E-state index < -0.39 is 0 Å². The van der Waals surface area contributed by atoms with Crippen molar-refractivity contribution < 1.29 is 0 Å². The van der Waals surface area contributed by atoms with E-state index >= 15 is 0 Å². The zero-order valence-corrected chi connectivity index (χ0v) is 17.9. The summed E-state index contributed by atoms with van der Waals surface area (Å²) >= 11 is 1.98. The lowest BCUT2D eigenvalue weighted by Gasteiger charge is -2.22. The summed E-state index contributed by atoms with van der Waals surface area (Å²) in [7, 11) is 0. The van der Waals surface area contributed by atoms with Gasteiger partial charge in [-0.3, -0.25) is 0 Å². The molecule has 5 heteroatoms. The highest BCUT2D eigenvalue weighted by Gasteiger charge is 2.26. The number of rotatable bonds is 3. The third kappa shape index (κ3) is 2.72. The highest BCUT2D eigenvalue weighted by atomic mass is 32.1. The van der Waals surface area contributed by atoms with Crippen molar-refractivity contribution >= 4 is 27.2 Å². The third-order valence-electron chi connectivity index (χ3n) is 6.21. The summed E-state index contributed by atoms with van der Waals surface area (Å²) in [6, 6.07) is 2.27. The molecule has 4 aromatic rings. The molecule has 0 amide bonds. The molecule has 0 aromatic carbocycles. The first kappa shape index (κ1) is 18.0. The molecule has 0 saturated carbocycles. The Labute approximate surface area is 170 Å². The molecule has 28 heavy (non-hydrogen) atoms. The van der Waals surface area contributed by atoms with Gasteiger partial charge in [0.2, 0.25) is 0 Å². The number of H-pyrrole nitrogens is 1. The Morgan fingerprint density at radius 2 is 2.00 bits per heavy atom. The molecule has 2 N–H and O–H groups in total. The van der Waals surface area contributed by atoms with Gasteiger partial charge in [-0.2, -0.15) is 0 Å². The first-order chi connectivity index (χ1) is 13.5. The maximum absolute atomic E-state index is 4.47. The Morgan fingerprint density at radius 1 is 1.21 bits per heavy atom. The Kier molecular flexibility index (Phi) is 4.33. The van der Waals surface area contributed by atoms with Crippen LogP contribution >= 0.6 is 11.3 Å². The van der Waals surface area contributed by atoms with Crippen LogP contribution in [0.5, 0.6) is 0 Å². The zero-order valence-electron chi connectivity index (χ0n) is 17.1. The normalized spacial score (nSPS) is 16.0. The third-order valence-corrected chi connectivity index (χ3v) is 7.58. The summed E-state index contributed by atoms with van der Waals surface area (Å²) in [5.41, 5.74) is 7.73. The van der Waals surface area contributed by atoms with Crippen molar-refractivity contribution in [2.75, 3.05) is 13.1 Å². The molecular weight excluding hydrogens is 364 g/mol. The molecule has 0 atom stereocenters. The number of fused-ring (bicyclic) bond motifs is 2. The predicted octanol–water partition coefficient (Wildman–Crippen LogP) is 5.75. The Balaban J connectivity index is 1.69. The highest BCUT2D eigenvalue weighted by molar-refractivity contribution is 7.19. The maximum atomic E-state index is 4.47. The van der Waals surface area contributed by atoms with Crippen LogP contribution in [0.15, 0.2) is 24.7 Å². The quantitative estimate of drug-likeness (QED) is 0.466. The van der Waals surface area contributed by atoms with Crippen LogP contribution in [-0.4, -0.2) is 27.5 Å². The van der Waals surface area contributed by atoms with Crippen LogP contribution in [0.25, 0.3) is 27.1 Å². The fourth-order valence-corrected chi connectivity index (χ4v) is 6.27. The Morgan fingerprint density at radius 3 is 2.75 bits per heavy atom. The van der Waals surface area contributed by atoms with Crippen molar-refractivity contribution in [2.24, 2.45) is 0 Å². The largest absolute Gasteiger partial charge is 0.346 e. The van der Waals surface area contributed by atoms with Gasteiger partial charge < -0.3 is 14.7 Å². The van der Waals surface area contributed by atoms with E-state index in [0.717, 1.165) is 18.7 Å². The van der Waals surface area contributed by atoms with Crippen LogP contribution < -0.4 is 5.32 Å². The first-order valence-electron chi connectivity index (χ1n) is 10.3. The number of nitrogens with zero attached hydrogens (tertiary/aromatic N) is 2. The number of imidazole rings is 1. The minimum absolute atomic E-state index is 0.469. The van der Waals surface area contributed by atoms with Crippen LogP contribution in [0.1, 0.15) is 60.1 Å². The van der Waals surface area contributed by atoms with E-state index in [1.807, 2.05) is 23.7 Å². The van der Waals surface area contributed by atoms with Crippen LogP contribution in [0, 0.1) is 13.8 Å². The number of pyridine rings is 1. The van der Waals surface area contributed by atoms with Crippen molar-refractivity contribution in [2.45, 2.75) is 52.4 Å². The van der Waals surface area contributed by atoms with Gasteiger partial charge in [0, 0.05) is 34.4 Å². The molecular formula is C23H28N4S. The minimum Gasteiger partial charge on any atom is -0.346 e. The molecule has 0 spiro atoms. The van der Waals surface area contributed by atoms with E-state index in [1.165, 1.54) is 51.0 Å². The van der Waals surface area contributed by atoms with Gasteiger partial charge in [0.1, 0.15) is 10.5 Å². The summed E-state index contributed by atoms with van der Waals surface area (Å²) in [6.07, 6.45) is 8.62. The lowest BCUT2D eigenvalue weighted by molar-refractivity contribution is 0.464. The first-order valence-corrected chi connectivity index (χ1v) is 11.2. The van der Waals surface area contributed by atoms with Crippen LogP contribution in [0.2, 0.25) is 0 Å². The van der Waals surface area contributed by atoms with Gasteiger partial charge in [0.15, 0.2) is 0 Å². The number of nitrogens with one attached hydrogen (secondary N) is 2. The Hall–Kier alpha value is -2.11. The molecule has 1 aliphatic rings. The van der Waals surface area contributed by atoms with Gasteiger partial charge in [0.25, 0.3) is 0 Å². The molecule has 1 saturated heterocycles. The number of hydrogen-bond donors (Lipinski definition) is 2. The van der Waals surface area contributed by atoms with E-state index in [4.69, 9.17) is 0 Å². The second-order valence-corrected chi connectivity index (χ2v) is 9.51. The molecule has 4 aromatic heterocycles. The number of hydrogen-bond acceptors (Lipinski definition) is 3. The minimum atomic E-state index is 0.469. The summed E-state index contributed by atoms with van der Waals surface area (Å²) in [6.45, 7) is 11.4. The van der Waals surface area contributed by atoms with E-state index in [2.05, 4.69) is 59.6 Å². The molecule has 5 rings (SSSR count). The van der Waals surface area contributed by atoms with Crippen molar-refractivity contribution in [1.29, 1.82) is 0 Å². The topological polar surface area (TPSA) is 45.1 Å². The zero-order chi connectivity index (χ0) is 19.4. The van der Waals surface area contributed by atoms with Gasteiger partial charge in [-0.25, -0.2) is 4.98 Å². The summed E-state index contributed by atoms with van der Waals surface area (Å²) in [5, 5.41) is 4.96. The van der Waals surface area contributed by atoms with Crippen molar-refractivity contribution in [3.8, 4) is 11.3 Å². The molecule has 0 aliphatic carbocycles. The van der Waals surface area contributed by atoms with E-state index in [1.54, 1.807) is 4.88 Å². The van der Waals surface area contributed by atoms with Crippen LogP contribution in [0.4, 0.5) is 0 Å². The molecule has 146 valence electrons. The summed E-state index contributed by atoms with van der Waals surface area (Å²) < 4.78 is 2.14. The van der Waals surface area contributed by atoms with Gasteiger partial charge in [0.05, 0.1) is 5.69 Å². The van der Waals surface area contributed by atoms with E-state index in [0.29, 0.717) is 11.8 Å². The second kappa shape index (κ2) is 6.75. The van der Waals surface area contributed by atoms with E-state index in [-0.39, 0.29) is 0 Å². The number of piperidine rings is 1. The average Bonchev–Trinajstić information content (AvgIpc) is 3.37. The fraction of sp³-hybridized carbons (Fsp3) is 0.435. The lowest BCUT2D eigenvalue weighted by Crippen LogP contribution is -2.26. The number of thiophene rings is 1. The van der Waals surface area contributed by atoms with Crippen molar-refractivity contribution in [1.82, 2.24) is 19.7 Å². The summed E-state index contributed by atoms with van der Waals surface area (Å²) in [4.78, 5) is 11.2. The molecule has 4 nitrogen and oxygen atoms in total. The average molecular weight is 393 g/mol. The van der Waals surface area contributed by atoms with Crippen LogP contribution in [0.3, 0.4) is 0 Å². The molecule has 0 bridgehead atoms. The highest BCUT2D eigenvalue weighted by Crippen LogP contribution is 2.45. The smallest absolute Gasteiger partial charge is 0.139 e. The molecule has 5 heterocycles. The molecule has 0 radical (unpaired) electrons. The SMILES string of the molecule is Cc1c(C2CCNCC2)sc2[nH]c(-c3cc(C)c4nccn4c3)c(C(C)C)c12. The molecule has 0 unspecified atom stereocenters. The van der Waals surface area contributed by atoms with Crippen molar-refractivity contribution in [3.05, 3.63) is 46.2 Å². The van der Waals surface area contributed by atoms with Gasteiger partial charge in [-0.1, -0.05) is 13.8 Å². The van der Waals surface area contributed by atoms with Crippen molar-refractivity contribution in [3.63, 3.8) is 0 Å². The second-order valence-electron chi connectivity index (χ2n) is 8.46. The maximum Gasteiger partial charge on any atom is 0.139 e. The van der Waals surface area contributed by atoms with E-state index in [9.17, 15) is 0 Å². The summed E-state index contributed by atoms with van der Waals surface area (Å²) in [5.74, 6) is 1.18. The number of aryl methyl sites for hydroxylation is 2. The van der Waals surface area contributed by atoms with Crippen LogP contribution in [-0.2, 0) is 0 Å². The molecule has 1 aliphatic heterocycles. The number of aromatic amines is 1. The standard InChI is InChI=1S/C23H28N4S/c1-13(2)18-19-15(4)21(16-5-7-24-8-6-16)28-23(19)26-20(18)17-11-14(3)22-25-9-10-27(22)12-17/h9-13,16,24,26H,5-8H2,1-4H3. The molecule has 1 fully saturated rings. The Bertz CT molecular complexity index is 1150. The monoisotopic (exact) mass is 392 g/mol.